The third-order valence-electron chi connectivity index (χ3n) is 6.23. The molecule has 1 aromatic carbocycles. The van der Waals surface area contributed by atoms with Crippen LogP contribution in [-0.2, 0) is 22.2 Å². The van der Waals surface area contributed by atoms with Crippen molar-refractivity contribution in [3.63, 3.8) is 0 Å². The van der Waals surface area contributed by atoms with Crippen LogP contribution >= 0.6 is 0 Å². The van der Waals surface area contributed by atoms with E-state index in [0.29, 0.717) is 18.7 Å². The molecule has 1 atom stereocenters. The van der Waals surface area contributed by atoms with E-state index in [4.69, 9.17) is 0 Å². The first-order valence-corrected chi connectivity index (χ1v) is 11.6. The van der Waals surface area contributed by atoms with Crippen molar-refractivity contribution in [1.82, 2.24) is 25.4 Å². The van der Waals surface area contributed by atoms with E-state index in [9.17, 15) is 27.6 Å². The average molecular weight is 502 g/mol. The Balaban J connectivity index is 1.47. The molecule has 2 N–H and O–H groups in total. The fourth-order valence-corrected chi connectivity index (χ4v) is 4.50. The molecule has 0 aliphatic carbocycles. The topological polar surface area (TPSA) is 94.6 Å². The van der Waals surface area contributed by atoms with Gasteiger partial charge in [0.15, 0.2) is 0 Å². The first-order valence-electron chi connectivity index (χ1n) is 11.6. The number of nitrogens with zero attached hydrogens (tertiary/aromatic N) is 3. The lowest BCUT2D eigenvalue weighted by Gasteiger charge is -2.33. The molecular weight excluding hydrogens is 475 g/mol. The molecule has 0 fully saturated rings. The van der Waals surface area contributed by atoms with E-state index in [2.05, 4.69) is 15.6 Å². The minimum atomic E-state index is -4.65. The predicted octanol–water partition coefficient (Wildman–Crippen LogP) is 3.03. The molecule has 36 heavy (non-hydrogen) atoms. The van der Waals surface area contributed by atoms with E-state index in [1.54, 1.807) is 19.2 Å². The summed E-state index contributed by atoms with van der Waals surface area (Å²) < 4.78 is 41.1. The molecule has 1 aromatic heterocycles. The van der Waals surface area contributed by atoms with Gasteiger partial charge in [-0.05, 0) is 30.7 Å². The Morgan fingerprint density at radius 1 is 1.17 bits per heavy atom. The van der Waals surface area contributed by atoms with Crippen LogP contribution in [0.3, 0.4) is 0 Å². The Bertz CT molecular complexity index is 1180. The molecule has 2 aliphatic heterocycles. The lowest BCUT2D eigenvalue weighted by Crippen LogP contribution is -2.47. The highest BCUT2D eigenvalue weighted by molar-refractivity contribution is 6.01. The quantitative estimate of drug-likeness (QED) is 0.582. The second-order valence-corrected chi connectivity index (χ2v) is 8.47. The molecule has 11 heteroatoms. The van der Waals surface area contributed by atoms with Gasteiger partial charge in [-0.15, -0.1) is 0 Å². The number of amides is 4. The molecule has 0 saturated heterocycles. The summed E-state index contributed by atoms with van der Waals surface area (Å²) in [6.07, 6.45) is -2.40. The van der Waals surface area contributed by atoms with Crippen LogP contribution in [0, 0.1) is 0 Å². The van der Waals surface area contributed by atoms with Crippen molar-refractivity contribution < 1.29 is 27.6 Å². The molecule has 190 valence electrons. The van der Waals surface area contributed by atoms with Crippen LogP contribution in [-0.4, -0.2) is 58.8 Å². The molecule has 2 aliphatic rings. The smallest absolute Gasteiger partial charge is 0.356 e. The predicted molar refractivity (Wildman–Crippen MR) is 124 cm³/mol. The average Bonchev–Trinajstić information content (AvgIpc) is 3.18. The number of aromatic nitrogens is 1. The molecule has 2 aromatic rings. The fraction of sp³-hybridized carbons (Fsp3) is 0.360. The molecule has 4 rings (SSSR count). The van der Waals surface area contributed by atoms with Gasteiger partial charge in [-0.3, -0.25) is 19.5 Å². The third kappa shape index (κ3) is 5.19. The number of rotatable bonds is 8. The first-order chi connectivity index (χ1) is 17.2. The minimum absolute atomic E-state index is 0.0197. The molecule has 0 radical (unpaired) electrons. The van der Waals surface area contributed by atoms with E-state index in [-0.39, 0.29) is 43.1 Å². The zero-order chi connectivity index (χ0) is 25.9. The number of carbonyl (C=O) groups excluding carboxylic acids is 3. The summed E-state index contributed by atoms with van der Waals surface area (Å²) in [6.45, 7) is 2.46. The normalized spacial score (nSPS) is 17.8. The van der Waals surface area contributed by atoms with Crippen molar-refractivity contribution in [3.8, 4) is 0 Å². The minimum Gasteiger partial charge on any atom is -0.356 e. The Hall–Kier alpha value is -3.89. The van der Waals surface area contributed by atoms with Crippen LogP contribution in [0.1, 0.15) is 36.2 Å². The molecule has 8 nitrogen and oxygen atoms in total. The number of hydrogen-bond donors (Lipinski definition) is 2. The third-order valence-corrected chi connectivity index (χ3v) is 6.23. The second-order valence-electron chi connectivity index (χ2n) is 8.47. The second kappa shape index (κ2) is 10.4. The van der Waals surface area contributed by atoms with E-state index >= 15 is 0 Å². The van der Waals surface area contributed by atoms with Crippen molar-refractivity contribution in [1.29, 1.82) is 0 Å². The van der Waals surface area contributed by atoms with Gasteiger partial charge in [0.1, 0.15) is 0 Å². The zero-order valence-electron chi connectivity index (χ0n) is 19.6. The van der Waals surface area contributed by atoms with Crippen LogP contribution in [0.25, 0.3) is 0 Å². The summed E-state index contributed by atoms with van der Waals surface area (Å²) in [7, 11) is 0. The van der Waals surface area contributed by atoms with Crippen LogP contribution < -0.4 is 10.6 Å². The Morgan fingerprint density at radius 3 is 2.61 bits per heavy atom. The molecule has 0 saturated carbocycles. The van der Waals surface area contributed by atoms with E-state index in [1.807, 2.05) is 12.1 Å². The summed E-state index contributed by atoms with van der Waals surface area (Å²) in [4.78, 5) is 45.3. The van der Waals surface area contributed by atoms with Crippen molar-refractivity contribution in [2.45, 2.75) is 32.0 Å². The highest BCUT2D eigenvalue weighted by Crippen LogP contribution is 2.41. The van der Waals surface area contributed by atoms with Crippen LogP contribution in [0.2, 0.25) is 0 Å². The number of alkyl halides is 3. The summed E-state index contributed by atoms with van der Waals surface area (Å²) in [5.74, 6) is -0.754. The molecular formula is C25H26F3N5O3. The zero-order valence-corrected chi connectivity index (χ0v) is 19.6. The van der Waals surface area contributed by atoms with Gasteiger partial charge in [0.2, 0.25) is 5.91 Å². The van der Waals surface area contributed by atoms with Gasteiger partial charge in [0.25, 0.3) is 5.91 Å². The number of pyridine rings is 1. The number of hydrogen-bond acceptors (Lipinski definition) is 4. The van der Waals surface area contributed by atoms with Crippen molar-refractivity contribution >= 4 is 17.8 Å². The lowest BCUT2D eigenvalue weighted by atomic mass is 9.91. The van der Waals surface area contributed by atoms with Gasteiger partial charge >= 0.3 is 12.2 Å². The van der Waals surface area contributed by atoms with Gasteiger partial charge in [-0.25, -0.2) is 4.79 Å². The van der Waals surface area contributed by atoms with Gasteiger partial charge in [0, 0.05) is 44.4 Å². The van der Waals surface area contributed by atoms with Crippen molar-refractivity contribution in [2.24, 2.45) is 0 Å². The van der Waals surface area contributed by atoms with Crippen LogP contribution in [0.4, 0.5) is 18.0 Å². The number of carbonyl (C=O) groups is 3. The number of benzene rings is 1. The van der Waals surface area contributed by atoms with Crippen LogP contribution in [0.5, 0.6) is 0 Å². The Kier molecular flexibility index (Phi) is 7.27. The van der Waals surface area contributed by atoms with E-state index < -0.39 is 29.7 Å². The SMILES string of the molecule is CCN1C(=O)NC(c2ccccc2C(F)(F)F)C2=C1CN(CCC(=O)NCCc1ccccn1)C2=O. The maximum absolute atomic E-state index is 13.7. The van der Waals surface area contributed by atoms with Crippen molar-refractivity contribution in [2.75, 3.05) is 26.2 Å². The summed E-state index contributed by atoms with van der Waals surface area (Å²) in [5.41, 5.74) is 0.202. The highest BCUT2D eigenvalue weighted by Gasteiger charge is 2.46. The van der Waals surface area contributed by atoms with E-state index in [0.717, 1.165) is 11.8 Å². The maximum Gasteiger partial charge on any atom is 0.416 e. The summed E-state index contributed by atoms with van der Waals surface area (Å²) in [5, 5.41) is 5.36. The van der Waals surface area contributed by atoms with E-state index in [1.165, 1.54) is 28.0 Å². The first kappa shape index (κ1) is 25.2. The standard InChI is InChI=1S/C25H26F3N5O3/c1-2-33-19-15-32(14-11-20(34)30-13-10-16-7-5-6-12-29-16)23(35)21(19)22(31-24(33)36)17-8-3-4-9-18(17)25(26,27)28/h3-9,12,22H,2,10-11,13-15H2,1H3,(H,30,34)(H,31,36). The Labute approximate surface area is 206 Å². The summed E-state index contributed by atoms with van der Waals surface area (Å²) >= 11 is 0. The van der Waals surface area contributed by atoms with Gasteiger partial charge in [-0.2, -0.15) is 13.2 Å². The molecule has 4 amide bonds. The molecule has 3 heterocycles. The number of halogens is 3. The Morgan fingerprint density at radius 2 is 1.92 bits per heavy atom. The maximum atomic E-state index is 13.7. The van der Waals surface area contributed by atoms with Crippen molar-refractivity contribution in [3.05, 3.63) is 76.8 Å². The van der Waals surface area contributed by atoms with Gasteiger partial charge < -0.3 is 15.5 Å². The number of likely N-dealkylation sites (N-methyl/N-ethyl adjacent to an activating group) is 1. The monoisotopic (exact) mass is 501 g/mol. The molecule has 0 spiro atoms. The number of nitrogens with one attached hydrogen (secondary N) is 2. The highest BCUT2D eigenvalue weighted by atomic mass is 19.4. The molecule has 1 unspecified atom stereocenters. The number of urea groups is 1. The largest absolute Gasteiger partial charge is 0.416 e. The van der Waals surface area contributed by atoms with Crippen LogP contribution in [0.15, 0.2) is 59.9 Å². The van der Waals surface area contributed by atoms with Gasteiger partial charge in [-0.1, -0.05) is 24.3 Å². The molecule has 0 bridgehead atoms. The summed E-state index contributed by atoms with van der Waals surface area (Å²) in [6, 6.07) is 8.61. The fourth-order valence-electron chi connectivity index (χ4n) is 4.50. The lowest BCUT2D eigenvalue weighted by molar-refractivity contribution is -0.138. The van der Waals surface area contributed by atoms with Gasteiger partial charge in [0.05, 0.1) is 29.4 Å².